The van der Waals surface area contributed by atoms with Crippen LogP contribution in [-0.2, 0) is 17.3 Å². The zero-order valence-corrected chi connectivity index (χ0v) is 18.5. The third-order valence-corrected chi connectivity index (χ3v) is 7.27. The summed E-state index contributed by atoms with van der Waals surface area (Å²) in [6, 6.07) is 0.00546. The molecule has 7 nitrogen and oxygen atoms in total. The highest BCUT2D eigenvalue weighted by Crippen LogP contribution is 2.51. The predicted molar refractivity (Wildman–Crippen MR) is 108 cm³/mol. The number of piperidine rings is 1. The lowest BCUT2D eigenvalue weighted by Crippen LogP contribution is -2.55. The van der Waals surface area contributed by atoms with Crippen molar-refractivity contribution in [2.45, 2.75) is 63.7 Å². The SMILES string of the molecule is CCC1(c2sc(C)cc2C(=O)CO)C[C@H](C)N(C(=O)C(F)(F)F)[C@H](c2cn(C)nn2)C1. The number of nitrogens with zero attached hydrogens (tertiary/aromatic N) is 4. The van der Waals surface area contributed by atoms with E-state index in [0.29, 0.717) is 12.0 Å². The number of alkyl halides is 3. The van der Waals surface area contributed by atoms with E-state index in [-0.39, 0.29) is 18.5 Å². The van der Waals surface area contributed by atoms with Crippen LogP contribution in [0.15, 0.2) is 12.3 Å². The van der Waals surface area contributed by atoms with Crippen molar-refractivity contribution in [2.75, 3.05) is 6.61 Å². The molecule has 1 fully saturated rings. The molecule has 0 radical (unpaired) electrons. The molecule has 0 aliphatic carbocycles. The second kappa shape index (κ2) is 8.34. The quantitative estimate of drug-likeness (QED) is 0.695. The molecule has 0 spiro atoms. The number of likely N-dealkylation sites (tertiary alicyclic amines) is 1. The van der Waals surface area contributed by atoms with Crippen LogP contribution in [0.5, 0.6) is 0 Å². The third-order valence-electron chi connectivity index (χ3n) is 5.98. The van der Waals surface area contributed by atoms with Crippen LogP contribution < -0.4 is 0 Å². The fraction of sp³-hybridized carbons (Fsp3) is 0.600. The van der Waals surface area contributed by atoms with Crippen LogP contribution in [-0.4, -0.2) is 55.5 Å². The van der Waals surface area contributed by atoms with Crippen molar-refractivity contribution in [1.29, 1.82) is 0 Å². The van der Waals surface area contributed by atoms with Gasteiger partial charge in [-0.2, -0.15) is 13.2 Å². The van der Waals surface area contributed by atoms with Crippen molar-refractivity contribution < 1.29 is 27.9 Å². The number of hydrogen-bond acceptors (Lipinski definition) is 6. The maximum atomic E-state index is 13.4. The Balaban J connectivity index is 2.14. The van der Waals surface area contributed by atoms with E-state index in [1.165, 1.54) is 22.2 Å². The minimum Gasteiger partial charge on any atom is -0.388 e. The Morgan fingerprint density at radius 3 is 2.55 bits per heavy atom. The Bertz CT molecular complexity index is 987. The number of rotatable bonds is 5. The molecule has 31 heavy (non-hydrogen) atoms. The van der Waals surface area contributed by atoms with E-state index in [4.69, 9.17) is 0 Å². The highest BCUT2D eigenvalue weighted by atomic mass is 32.1. The van der Waals surface area contributed by atoms with Crippen LogP contribution in [0.2, 0.25) is 0 Å². The number of aliphatic hydroxyl groups excluding tert-OH is 1. The minimum atomic E-state index is -5.02. The molecule has 0 aromatic carbocycles. The Morgan fingerprint density at radius 1 is 1.35 bits per heavy atom. The summed E-state index contributed by atoms with van der Waals surface area (Å²) < 4.78 is 41.6. The highest BCUT2D eigenvalue weighted by Gasteiger charge is 2.53. The zero-order chi connectivity index (χ0) is 23.1. The van der Waals surface area contributed by atoms with Crippen LogP contribution >= 0.6 is 11.3 Å². The molecule has 0 saturated carbocycles. The van der Waals surface area contributed by atoms with E-state index in [9.17, 15) is 27.9 Å². The first kappa shape index (κ1) is 23.4. The number of halogens is 3. The summed E-state index contributed by atoms with van der Waals surface area (Å²) in [6.07, 6.45) is -2.53. The van der Waals surface area contributed by atoms with Gasteiger partial charge in [0.1, 0.15) is 12.3 Å². The molecule has 2 aromatic heterocycles. The smallest absolute Gasteiger partial charge is 0.388 e. The van der Waals surface area contributed by atoms with E-state index in [1.54, 1.807) is 20.0 Å². The minimum absolute atomic E-state index is 0.167. The molecule has 170 valence electrons. The summed E-state index contributed by atoms with van der Waals surface area (Å²) >= 11 is 1.41. The summed E-state index contributed by atoms with van der Waals surface area (Å²) in [7, 11) is 1.60. The number of carbonyl (C=O) groups is 2. The molecule has 0 bridgehead atoms. The average molecular weight is 459 g/mol. The number of carbonyl (C=O) groups excluding carboxylic acids is 2. The molecule has 3 rings (SSSR count). The van der Waals surface area contributed by atoms with E-state index < -0.39 is 42.0 Å². The van der Waals surface area contributed by atoms with Gasteiger partial charge in [0.05, 0.1) is 12.2 Å². The molecule has 3 heterocycles. The Morgan fingerprint density at radius 2 is 2.03 bits per heavy atom. The van der Waals surface area contributed by atoms with E-state index in [0.717, 1.165) is 14.7 Å². The van der Waals surface area contributed by atoms with Gasteiger partial charge in [-0.25, -0.2) is 0 Å². The lowest BCUT2D eigenvalue weighted by molar-refractivity contribution is -0.193. The van der Waals surface area contributed by atoms with Crippen molar-refractivity contribution in [3.05, 3.63) is 33.3 Å². The van der Waals surface area contributed by atoms with E-state index in [2.05, 4.69) is 10.3 Å². The normalized spacial score (nSPS) is 24.5. The molecular formula is C20H25F3N4O3S. The van der Waals surface area contributed by atoms with Gasteiger partial charge in [-0.1, -0.05) is 12.1 Å². The number of Topliss-reactive ketones (excluding diaryl/α,β-unsaturated/α-hetero) is 1. The maximum Gasteiger partial charge on any atom is 0.471 e. The van der Waals surface area contributed by atoms with Gasteiger partial charge in [0.15, 0.2) is 5.78 Å². The van der Waals surface area contributed by atoms with Crippen molar-refractivity contribution in [1.82, 2.24) is 19.9 Å². The van der Waals surface area contributed by atoms with Crippen molar-refractivity contribution in [3.63, 3.8) is 0 Å². The van der Waals surface area contributed by atoms with Gasteiger partial charge in [0.2, 0.25) is 0 Å². The molecule has 1 aliphatic rings. The summed E-state index contributed by atoms with van der Waals surface area (Å²) in [4.78, 5) is 27.2. The Labute approximate surface area is 181 Å². The van der Waals surface area contributed by atoms with Crippen LogP contribution in [0, 0.1) is 6.92 Å². The molecule has 3 atom stereocenters. The Hall–Kier alpha value is -2.27. The van der Waals surface area contributed by atoms with E-state index >= 15 is 0 Å². The van der Waals surface area contributed by atoms with Gasteiger partial charge >= 0.3 is 12.1 Å². The van der Waals surface area contributed by atoms with Crippen LogP contribution in [0.3, 0.4) is 0 Å². The standard InChI is InChI=1S/C20H25F3N4O3S/c1-5-19(17-13(16(29)10-28)6-12(3)31-17)7-11(2)27(18(30)20(21,22)23)15(8-19)14-9-26(4)25-24-14/h6,9,11,15,28H,5,7-8,10H2,1-4H3/t11-,15-,19?/m0/s1. The van der Waals surface area contributed by atoms with Gasteiger partial charge in [-0.15, -0.1) is 16.4 Å². The van der Waals surface area contributed by atoms with Gasteiger partial charge in [-0.05, 0) is 39.2 Å². The molecule has 1 amide bonds. The summed E-state index contributed by atoms with van der Waals surface area (Å²) in [6.45, 7) is 4.71. The molecule has 1 N–H and O–H groups in total. The number of ketones is 1. The number of hydrogen-bond donors (Lipinski definition) is 1. The topological polar surface area (TPSA) is 88.3 Å². The number of amides is 1. The molecular weight excluding hydrogens is 433 g/mol. The van der Waals surface area contributed by atoms with Crippen molar-refractivity contribution in [2.24, 2.45) is 7.05 Å². The van der Waals surface area contributed by atoms with Gasteiger partial charge in [-0.3, -0.25) is 14.3 Å². The number of aromatic nitrogens is 3. The highest BCUT2D eigenvalue weighted by molar-refractivity contribution is 7.12. The molecule has 1 unspecified atom stereocenters. The van der Waals surface area contributed by atoms with Crippen LogP contribution in [0.25, 0.3) is 0 Å². The molecule has 1 saturated heterocycles. The first-order valence-corrected chi connectivity index (χ1v) is 10.8. The average Bonchev–Trinajstić information content (AvgIpc) is 3.31. The third kappa shape index (κ3) is 4.25. The van der Waals surface area contributed by atoms with Crippen LogP contribution in [0.1, 0.15) is 65.0 Å². The number of aliphatic hydroxyl groups is 1. The fourth-order valence-corrected chi connectivity index (χ4v) is 5.92. The lowest BCUT2D eigenvalue weighted by Gasteiger charge is -2.49. The largest absolute Gasteiger partial charge is 0.471 e. The lowest BCUT2D eigenvalue weighted by atomic mass is 9.68. The van der Waals surface area contributed by atoms with Gasteiger partial charge in [0.25, 0.3) is 0 Å². The van der Waals surface area contributed by atoms with Crippen molar-refractivity contribution in [3.8, 4) is 0 Å². The summed E-state index contributed by atoms with van der Waals surface area (Å²) in [5.74, 6) is -2.33. The van der Waals surface area contributed by atoms with Gasteiger partial charge in [0, 0.05) is 33.8 Å². The second-order valence-corrected chi connectivity index (χ2v) is 9.37. The maximum absolute atomic E-state index is 13.4. The second-order valence-electron chi connectivity index (χ2n) is 8.12. The number of thiophene rings is 1. The summed E-state index contributed by atoms with van der Waals surface area (Å²) in [5, 5.41) is 17.3. The zero-order valence-electron chi connectivity index (χ0n) is 17.7. The summed E-state index contributed by atoms with van der Waals surface area (Å²) in [5.41, 5.74) is 0.0172. The van der Waals surface area contributed by atoms with E-state index in [1.807, 2.05) is 13.8 Å². The molecule has 11 heteroatoms. The van der Waals surface area contributed by atoms with Crippen LogP contribution in [0.4, 0.5) is 13.2 Å². The first-order valence-electron chi connectivity index (χ1n) is 9.94. The first-order chi connectivity index (χ1) is 14.4. The molecule has 1 aliphatic heterocycles. The fourth-order valence-electron chi connectivity index (χ4n) is 4.61. The van der Waals surface area contributed by atoms with Crippen molar-refractivity contribution >= 4 is 23.0 Å². The monoisotopic (exact) mass is 458 g/mol. The van der Waals surface area contributed by atoms with Gasteiger partial charge < -0.3 is 10.0 Å². The molecule has 2 aromatic rings. The Kier molecular flexibility index (Phi) is 6.30. The number of aryl methyl sites for hydroxylation is 2. The predicted octanol–water partition coefficient (Wildman–Crippen LogP) is 3.32.